The van der Waals surface area contributed by atoms with E-state index in [1.54, 1.807) is 0 Å². The molecule has 6 nitrogen and oxygen atoms in total. The summed E-state index contributed by atoms with van der Waals surface area (Å²) in [5.41, 5.74) is 6.28. The summed E-state index contributed by atoms with van der Waals surface area (Å²) in [6.07, 6.45) is 0.711. The first-order chi connectivity index (χ1) is 14.8. The van der Waals surface area contributed by atoms with Gasteiger partial charge in [0.1, 0.15) is 0 Å². The van der Waals surface area contributed by atoms with Crippen molar-refractivity contribution in [3.05, 3.63) is 75.6 Å². The maximum absolute atomic E-state index is 12.8. The van der Waals surface area contributed by atoms with Crippen LogP contribution >= 0.6 is 11.6 Å². The Morgan fingerprint density at radius 2 is 2.03 bits per heavy atom. The number of aromatic nitrogens is 2. The summed E-state index contributed by atoms with van der Waals surface area (Å²) in [5.74, 6) is 0.108. The van der Waals surface area contributed by atoms with Crippen LogP contribution in [0.15, 0.2) is 42.5 Å². The van der Waals surface area contributed by atoms with E-state index in [-0.39, 0.29) is 24.2 Å². The van der Waals surface area contributed by atoms with E-state index in [0.717, 1.165) is 39.5 Å². The lowest BCUT2D eigenvalue weighted by Gasteiger charge is -2.11. The van der Waals surface area contributed by atoms with Crippen LogP contribution in [-0.4, -0.2) is 28.1 Å². The van der Waals surface area contributed by atoms with Crippen LogP contribution in [0.5, 0.6) is 0 Å². The average molecular weight is 437 g/mol. The minimum absolute atomic E-state index is 0.0669. The number of anilines is 1. The van der Waals surface area contributed by atoms with Crippen LogP contribution in [0.3, 0.4) is 0 Å². The topological polar surface area (TPSA) is 76.0 Å². The van der Waals surface area contributed by atoms with Gasteiger partial charge in [-0.15, -0.1) is 0 Å². The van der Waals surface area contributed by atoms with Crippen LogP contribution in [-0.2, 0) is 16.0 Å². The molecule has 1 aliphatic rings. The molecule has 1 unspecified atom stereocenters. The zero-order chi connectivity index (χ0) is 22.1. The zero-order valence-electron chi connectivity index (χ0n) is 17.8. The molecular formula is C24H25ClN4O2. The average Bonchev–Trinajstić information content (AvgIpc) is 3.29. The molecule has 4 rings (SSSR count). The van der Waals surface area contributed by atoms with E-state index in [9.17, 15) is 9.59 Å². The van der Waals surface area contributed by atoms with Gasteiger partial charge in [0.25, 0.3) is 0 Å². The summed E-state index contributed by atoms with van der Waals surface area (Å²) in [5, 5.41) is 11.1. The fraction of sp³-hybridized carbons (Fsp3) is 0.292. The number of aryl methyl sites for hydroxylation is 2. The van der Waals surface area contributed by atoms with Crippen molar-refractivity contribution in [1.29, 1.82) is 0 Å². The minimum Gasteiger partial charge on any atom is -0.355 e. The van der Waals surface area contributed by atoms with Crippen molar-refractivity contribution in [2.75, 3.05) is 11.9 Å². The van der Waals surface area contributed by atoms with Gasteiger partial charge >= 0.3 is 0 Å². The normalized spacial score (nSPS) is 15.7. The number of carbonyl (C=O) groups is 2. The third-order valence-corrected chi connectivity index (χ3v) is 6.20. The van der Waals surface area contributed by atoms with Gasteiger partial charge in [-0.25, -0.2) is 4.68 Å². The van der Waals surface area contributed by atoms with Crippen molar-refractivity contribution in [2.45, 2.75) is 39.5 Å². The number of amides is 2. The fourth-order valence-electron chi connectivity index (χ4n) is 3.97. The Morgan fingerprint density at radius 3 is 2.74 bits per heavy atom. The molecule has 2 N–H and O–H groups in total. The van der Waals surface area contributed by atoms with Crippen molar-refractivity contribution >= 4 is 29.1 Å². The second-order valence-electron chi connectivity index (χ2n) is 8.05. The van der Waals surface area contributed by atoms with Crippen molar-refractivity contribution in [3.8, 4) is 5.69 Å². The molecule has 0 radical (unpaired) electrons. The standard InChI is InChI=1S/C24H25ClN4O2/c1-14-7-8-20(11-22(14)25)29-16(3)21(15(2)28-29)12-24(31)27-19-6-4-5-17(9-19)18-10-23(30)26-13-18/h4-9,11,18H,10,12-13H2,1-3H3,(H,26,30)(H,27,31). The summed E-state index contributed by atoms with van der Waals surface area (Å²) in [6.45, 7) is 6.46. The Morgan fingerprint density at radius 1 is 1.23 bits per heavy atom. The van der Waals surface area contributed by atoms with E-state index < -0.39 is 0 Å². The van der Waals surface area contributed by atoms with E-state index in [4.69, 9.17) is 11.6 Å². The Kier molecular flexibility index (Phi) is 5.83. The first-order valence-corrected chi connectivity index (χ1v) is 10.7. The number of rotatable bonds is 5. The lowest BCUT2D eigenvalue weighted by molar-refractivity contribution is -0.119. The van der Waals surface area contributed by atoms with E-state index in [0.29, 0.717) is 18.0 Å². The van der Waals surface area contributed by atoms with Crippen molar-refractivity contribution < 1.29 is 9.59 Å². The lowest BCUT2D eigenvalue weighted by Crippen LogP contribution is -2.16. The highest BCUT2D eigenvalue weighted by Crippen LogP contribution is 2.26. The molecule has 0 saturated carbocycles. The number of hydrogen-bond donors (Lipinski definition) is 2. The molecule has 1 aliphatic heterocycles. The highest BCUT2D eigenvalue weighted by Gasteiger charge is 2.23. The molecule has 2 aromatic carbocycles. The van der Waals surface area contributed by atoms with Gasteiger partial charge in [-0.2, -0.15) is 5.10 Å². The molecule has 3 aromatic rings. The van der Waals surface area contributed by atoms with Gasteiger partial charge in [0.2, 0.25) is 11.8 Å². The third-order valence-electron chi connectivity index (χ3n) is 5.80. The molecule has 1 atom stereocenters. The SMILES string of the molecule is Cc1ccc(-n2nc(C)c(CC(=O)Nc3cccc(C4CNC(=O)C4)c3)c2C)cc1Cl. The first kappa shape index (κ1) is 21.1. The molecule has 31 heavy (non-hydrogen) atoms. The highest BCUT2D eigenvalue weighted by atomic mass is 35.5. The van der Waals surface area contributed by atoms with Crippen LogP contribution in [0, 0.1) is 20.8 Å². The van der Waals surface area contributed by atoms with E-state index >= 15 is 0 Å². The summed E-state index contributed by atoms with van der Waals surface area (Å²) < 4.78 is 1.83. The van der Waals surface area contributed by atoms with Crippen molar-refractivity contribution in [1.82, 2.24) is 15.1 Å². The van der Waals surface area contributed by atoms with Gasteiger partial charge in [0, 0.05) is 40.9 Å². The molecule has 0 aliphatic carbocycles. The predicted octanol–water partition coefficient (Wildman–Crippen LogP) is 4.24. The monoisotopic (exact) mass is 436 g/mol. The smallest absolute Gasteiger partial charge is 0.228 e. The Balaban J connectivity index is 1.50. The molecule has 0 spiro atoms. The van der Waals surface area contributed by atoms with E-state index in [1.807, 2.05) is 67.9 Å². The summed E-state index contributed by atoms with van der Waals surface area (Å²) in [4.78, 5) is 24.3. The third kappa shape index (κ3) is 4.49. The molecular weight excluding hydrogens is 412 g/mol. The fourth-order valence-corrected chi connectivity index (χ4v) is 4.15. The molecule has 0 bridgehead atoms. The largest absolute Gasteiger partial charge is 0.355 e. The summed E-state index contributed by atoms with van der Waals surface area (Å²) >= 11 is 6.28. The number of nitrogens with one attached hydrogen (secondary N) is 2. The van der Waals surface area contributed by atoms with Gasteiger partial charge in [0.05, 0.1) is 17.8 Å². The molecule has 1 fully saturated rings. The lowest BCUT2D eigenvalue weighted by atomic mass is 9.98. The van der Waals surface area contributed by atoms with Gasteiger partial charge in [-0.05, 0) is 56.2 Å². The Bertz CT molecular complexity index is 1170. The molecule has 2 heterocycles. The molecule has 1 saturated heterocycles. The van der Waals surface area contributed by atoms with Gasteiger partial charge in [-0.3, -0.25) is 9.59 Å². The van der Waals surface area contributed by atoms with Crippen LogP contribution in [0.2, 0.25) is 5.02 Å². The van der Waals surface area contributed by atoms with Crippen molar-refractivity contribution in [2.24, 2.45) is 0 Å². The highest BCUT2D eigenvalue weighted by molar-refractivity contribution is 6.31. The van der Waals surface area contributed by atoms with Gasteiger partial charge < -0.3 is 10.6 Å². The number of nitrogens with zero attached hydrogens (tertiary/aromatic N) is 2. The van der Waals surface area contributed by atoms with Gasteiger partial charge in [-0.1, -0.05) is 29.8 Å². The Hall–Kier alpha value is -3.12. The van der Waals surface area contributed by atoms with Crippen LogP contribution in [0.1, 0.15) is 40.4 Å². The maximum Gasteiger partial charge on any atom is 0.228 e. The van der Waals surface area contributed by atoms with Crippen LogP contribution in [0.4, 0.5) is 5.69 Å². The maximum atomic E-state index is 12.8. The molecule has 2 amide bonds. The molecule has 160 valence electrons. The van der Waals surface area contributed by atoms with Crippen LogP contribution < -0.4 is 10.6 Å². The number of hydrogen-bond acceptors (Lipinski definition) is 3. The number of benzene rings is 2. The number of halogens is 1. The summed E-state index contributed by atoms with van der Waals surface area (Å²) in [7, 11) is 0. The second-order valence-corrected chi connectivity index (χ2v) is 8.46. The second kappa shape index (κ2) is 8.55. The zero-order valence-corrected chi connectivity index (χ0v) is 18.6. The Labute approximate surface area is 186 Å². The predicted molar refractivity (Wildman–Crippen MR) is 122 cm³/mol. The molecule has 1 aromatic heterocycles. The van der Waals surface area contributed by atoms with E-state index in [1.165, 1.54) is 0 Å². The van der Waals surface area contributed by atoms with Crippen molar-refractivity contribution in [3.63, 3.8) is 0 Å². The van der Waals surface area contributed by atoms with Gasteiger partial charge in [0.15, 0.2) is 0 Å². The molecule has 7 heteroatoms. The number of carbonyl (C=O) groups excluding carboxylic acids is 2. The minimum atomic E-state index is -0.106. The summed E-state index contributed by atoms with van der Waals surface area (Å²) in [6, 6.07) is 13.5. The first-order valence-electron chi connectivity index (χ1n) is 10.3. The van der Waals surface area contributed by atoms with E-state index in [2.05, 4.69) is 15.7 Å². The quantitative estimate of drug-likeness (QED) is 0.628. The van der Waals surface area contributed by atoms with Crippen LogP contribution in [0.25, 0.3) is 5.69 Å².